The van der Waals surface area contributed by atoms with Gasteiger partial charge < -0.3 is 0 Å². The number of carbonyl (C=O) groups is 1. The second-order valence-electron chi connectivity index (χ2n) is 4.16. The van der Waals surface area contributed by atoms with Crippen molar-refractivity contribution in [2.75, 3.05) is 0 Å². The molecule has 0 aliphatic rings. The van der Waals surface area contributed by atoms with Crippen molar-refractivity contribution in [3.8, 4) is 11.3 Å². The fraction of sp³-hybridized carbons (Fsp3) is 0.0667. The van der Waals surface area contributed by atoms with E-state index >= 15 is 0 Å². The summed E-state index contributed by atoms with van der Waals surface area (Å²) in [6.07, 6.45) is 0. The molecule has 0 saturated heterocycles. The van der Waals surface area contributed by atoms with Crippen molar-refractivity contribution in [2.24, 2.45) is 0 Å². The van der Waals surface area contributed by atoms with Crippen LogP contribution in [0.15, 0.2) is 47.8 Å². The van der Waals surface area contributed by atoms with Crippen LogP contribution in [0.3, 0.4) is 0 Å². The number of rotatable bonds is 2. The molecule has 2 aromatic carbocycles. The van der Waals surface area contributed by atoms with Gasteiger partial charge in [0.05, 0.1) is 5.69 Å². The first kappa shape index (κ1) is 11.1. The molecule has 0 atom stereocenters. The van der Waals surface area contributed by atoms with E-state index in [2.05, 4.69) is 29.2 Å². The predicted octanol–water partition coefficient (Wildman–Crippen LogP) is 4.17. The van der Waals surface area contributed by atoms with Crippen molar-refractivity contribution < 1.29 is 4.79 Å². The van der Waals surface area contributed by atoms with Gasteiger partial charge in [0.25, 0.3) is 0 Å². The maximum absolute atomic E-state index is 11.3. The molecule has 88 valence electrons. The molecule has 0 saturated carbocycles. The van der Waals surface area contributed by atoms with Gasteiger partial charge in [0.2, 0.25) is 0 Å². The molecule has 0 spiro atoms. The Balaban J connectivity index is 2.10. The summed E-state index contributed by atoms with van der Waals surface area (Å²) in [4.78, 5) is 15.6. The van der Waals surface area contributed by atoms with Gasteiger partial charge in [0, 0.05) is 17.9 Å². The Hall–Kier alpha value is -2.00. The van der Waals surface area contributed by atoms with Gasteiger partial charge in [-0.15, -0.1) is 11.3 Å². The minimum Gasteiger partial charge on any atom is -0.292 e. The molecule has 18 heavy (non-hydrogen) atoms. The first-order valence-corrected chi connectivity index (χ1v) is 6.57. The van der Waals surface area contributed by atoms with Gasteiger partial charge in [0.15, 0.2) is 10.8 Å². The van der Waals surface area contributed by atoms with Crippen LogP contribution < -0.4 is 0 Å². The maximum atomic E-state index is 11.3. The van der Waals surface area contributed by atoms with Gasteiger partial charge in [-0.05, 0) is 16.8 Å². The third kappa shape index (κ3) is 1.93. The van der Waals surface area contributed by atoms with Gasteiger partial charge in [-0.25, -0.2) is 4.98 Å². The Bertz CT molecular complexity index is 730. The summed E-state index contributed by atoms with van der Waals surface area (Å²) >= 11 is 1.40. The first-order chi connectivity index (χ1) is 8.74. The summed E-state index contributed by atoms with van der Waals surface area (Å²) in [7, 11) is 0. The smallest absolute Gasteiger partial charge is 0.188 e. The van der Waals surface area contributed by atoms with Gasteiger partial charge in [-0.2, -0.15) is 0 Å². The van der Waals surface area contributed by atoms with Crippen LogP contribution in [-0.4, -0.2) is 10.8 Å². The van der Waals surface area contributed by atoms with Crippen LogP contribution in [0.2, 0.25) is 0 Å². The van der Waals surface area contributed by atoms with Gasteiger partial charge in [0.1, 0.15) is 0 Å². The fourth-order valence-electron chi connectivity index (χ4n) is 1.92. The summed E-state index contributed by atoms with van der Waals surface area (Å²) in [5.41, 5.74) is 1.92. The Morgan fingerprint density at radius 3 is 2.61 bits per heavy atom. The van der Waals surface area contributed by atoms with Gasteiger partial charge >= 0.3 is 0 Å². The number of Topliss-reactive ketones (excluding diaryl/α,β-unsaturated/α-hetero) is 1. The summed E-state index contributed by atoms with van der Waals surface area (Å²) in [6, 6.07) is 14.4. The second-order valence-corrected chi connectivity index (χ2v) is 5.01. The minimum atomic E-state index is 0.0204. The molecule has 0 N–H and O–H groups in total. The molecular weight excluding hydrogens is 242 g/mol. The zero-order valence-electron chi connectivity index (χ0n) is 9.88. The number of hydrogen-bond donors (Lipinski definition) is 0. The lowest BCUT2D eigenvalue weighted by atomic mass is 10.1. The van der Waals surface area contributed by atoms with Gasteiger partial charge in [-0.1, -0.05) is 36.4 Å². The van der Waals surface area contributed by atoms with E-state index in [0.29, 0.717) is 5.01 Å². The molecule has 0 aliphatic heterocycles. The number of aromatic nitrogens is 1. The Kier molecular flexibility index (Phi) is 2.68. The Morgan fingerprint density at radius 1 is 1.11 bits per heavy atom. The number of thiazole rings is 1. The molecule has 0 aliphatic carbocycles. The fourth-order valence-corrected chi connectivity index (χ4v) is 2.65. The lowest BCUT2D eigenvalue weighted by Gasteiger charge is -2.00. The van der Waals surface area contributed by atoms with Crippen molar-refractivity contribution in [3.05, 3.63) is 52.9 Å². The average Bonchev–Trinajstić information content (AvgIpc) is 2.88. The molecule has 2 nitrogen and oxygen atoms in total. The molecule has 0 amide bonds. The van der Waals surface area contributed by atoms with E-state index in [1.807, 2.05) is 23.6 Å². The minimum absolute atomic E-state index is 0.0204. The summed E-state index contributed by atoms with van der Waals surface area (Å²) in [6.45, 7) is 1.54. The largest absolute Gasteiger partial charge is 0.292 e. The number of fused-ring (bicyclic) bond motifs is 1. The molecule has 3 heteroatoms. The first-order valence-electron chi connectivity index (χ1n) is 5.70. The van der Waals surface area contributed by atoms with Crippen LogP contribution in [0, 0.1) is 0 Å². The molecule has 0 fully saturated rings. The van der Waals surface area contributed by atoms with E-state index in [1.54, 1.807) is 6.92 Å². The zero-order chi connectivity index (χ0) is 12.5. The molecule has 1 aromatic heterocycles. The highest BCUT2D eigenvalue weighted by molar-refractivity contribution is 7.12. The van der Waals surface area contributed by atoms with Crippen LogP contribution in [0.1, 0.15) is 16.7 Å². The van der Waals surface area contributed by atoms with Crippen LogP contribution >= 0.6 is 11.3 Å². The van der Waals surface area contributed by atoms with E-state index in [0.717, 1.165) is 11.3 Å². The lowest BCUT2D eigenvalue weighted by molar-refractivity contribution is 0.101. The summed E-state index contributed by atoms with van der Waals surface area (Å²) < 4.78 is 0. The van der Waals surface area contributed by atoms with E-state index in [-0.39, 0.29) is 5.78 Å². The monoisotopic (exact) mass is 253 g/mol. The molecular formula is C15H11NOS. The SMILES string of the molecule is CC(=O)c1nc(-c2ccc3ccccc3c2)cs1. The summed E-state index contributed by atoms with van der Waals surface area (Å²) in [5.74, 6) is 0.0204. The molecule has 3 rings (SSSR count). The Labute approximate surface area is 109 Å². The van der Waals surface area contributed by atoms with Crippen LogP contribution in [0.4, 0.5) is 0 Å². The zero-order valence-corrected chi connectivity index (χ0v) is 10.7. The molecule has 0 radical (unpaired) electrons. The number of nitrogens with zero attached hydrogens (tertiary/aromatic N) is 1. The Morgan fingerprint density at radius 2 is 1.89 bits per heavy atom. The molecule has 0 unspecified atom stereocenters. The van der Waals surface area contributed by atoms with Gasteiger partial charge in [-0.3, -0.25) is 4.79 Å². The highest BCUT2D eigenvalue weighted by atomic mass is 32.1. The predicted molar refractivity (Wildman–Crippen MR) is 75.1 cm³/mol. The van der Waals surface area contributed by atoms with E-state index in [9.17, 15) is 4.79 Å². The molecule has 0 bridgehead atoms. The lowest BCUT2D eigenvalue weighted by Crippen LogP contribution is -1.89. The van der Waals surface area contributed by atoms with E-state index in [4.69, 9.17) is 0 Å². The second kappa shape index (κ2) is 4.35. The van der Waals surface area contributed by atoms with Crippen molar-refractivity contribution in [1.82, 2.24) is 4.98 Å². The molecule has 1 heterocycles. The van der Waals surface area contributed by atoms with Crippen LogP contribution in [-0.2, 0) is 0 Å². The average molecular weight is 253 g/mol. The topological polar surface area (TPSA) is 30.0 Å². The highest BCUT2D eigenvalue weighted by Gasteiger charge is 2.08. The normalized spacial score (nSPS) is 10.7. The van der Waals surface area contributed by atoms with E-state index < -0.39 is 0 Å². The number of benzene rings is 2. The standard InChI is InChI=1S/C15H11NOS/c1-10(17)15-16-14(9-18-15)13-7-6-11-4-2-3-5-12(11)8-13/h2-9H,1H3. The van der Waals surface area contributed by atoms with Crippen molar-refractivity contribution >= 4 is 27.9 Å². The summed E-state index contributed by atoms with van der Waals surface area (Å²) in [5, 5.41) is 4.90. The van der Waals surface area contributed by atoms with Crippen molar-refractivity contribution in [2.45, 2.75) is 6.92 Å². The molecule has 3 aromatic rings. The van der Waals surface area contributed by atoms with Crippen LogP contribution in [0.5, 0.6) is 0 Å². The third-order valence-corrected chi connectivity index (χ3v) is 3.79. The van der Waals surface area contributed by atoms with Crippen molar-refractivity contribution in [3.63, 3.8) is 0 Å². The highest BCUT2D eigenvalue weighted by Crippen LogP contribution is 2.25. The number of ketones is 1. The third-order valence-electron chi connectivity index (χ3n) is 2.85. The van der Waals surface area contributed by atoms with E-state index in [1.165, 1.54) is 22.1 Å². The quantitative estimate of drug-likeness (QED) is 0.642. The maximum Gasteiger partial charge on any atom is 0.188 e. The van der Waals surface area contributed by atoms with Crippen molar-refractivity contribution in [1.29, 1.82) is 0 Å². The van der Waals surface area contributed by atoms with Crippen LogP contribution in [0.25, 0.3) is 22.0 Å². The number of hydrogen-bond acceptors (Lipinski definition) is 3. The number of carbonyl (C=O) groups excluding carboxylic acids is 1.